The highest BCUT2D eigenvalue weighted by Crippen LogP contribution is 2.35. The molecule has 0 fully saturated rings. The van der Waals surface area contributed by atoms with E-state index in [1.165, 1.54) is 17.0 Å². The van der Waals surface area contributed by atoms with Gasteiger partial charge in [0.25, 0.3) is 0 Å². The first-order valence-corrected chi connectivity index (χ1v) is 7.14. The Morgan fingerprint density at radius 3 is 2.47 bits per heavy atom. The van der Waals surface area contributed by atoms with E-state index < -0.39 is 0 Å². The van der Waals surface area contributed by atoms with E-state index in [0.717, 1.165) is 22.8 Å². The maximum Gasteiger partial charge on any atom is 0.123 e. The van der Waals surface area contributed by atoms with Crippen molar-refractivity contribution in [3.63, 3.8) is 0 Å². The molecule has 0 saturated carbocycles. The first kappa shape index (κ1) is 14.2. The molecule has 0 atom stereocenters. The molecule has 2 nitrogen and oxygen atoms in total. The first-order chi connectivity index (χ1) is 8.95. The molecule has 102 valence electrons. The van der Waals surface area contributed by atoms with Crippen molar-refractivity contribution in [2.24, 2.45) is 0 Å². The molecule has 0 aliphatic heterocycles. The van der Waals surface area contributed by atoms with Crippen LogP contribution in [0.1, 0.15) is 35.0 Å². The van der Waals surface area contributed by atoms with Gasteiger partial charge in [-0.05, 0) is 45.5 Å². The predicted octanol–water partition coefficient (Wildman–Crippen LogP) is 3.64. The molecule has 1 N–H and O–H groups in total. The van der Waals surface area contributed by atoms with Gasteiger partial charge in [0.05, 0.1) is 5.69 Å². The number of nitrogens with zero attached hydrogens (tertiary/aromatic N) is 1. The Morgan fingerprint density at radius 1 is 1.26 bits per heavy atom. The number of nitrogens with one attached hydrogen (secondary N) is 1. The molecule has 0 unspecified atom stereocenters. The quantitative estimate of drug-likeness (QED) is 0.923. The van der Waals surface area contributed by atoms with Crippen LogP contribution in [-0.4, -0.2) is 12.0 Å². The molecule has 2 aromatic rings. The van der Waals surface area contributed by atoms with E-state index in [-0.39, 0.29) is 11.2 Å². The van der Waals surface area contributed by atoms with Gasteiger partial charge in [0.15, 0.2) is 0 Å². The standard InChI is InChI=1S/C15H19FN2S/c1-10-13(9-17-4)19-14(18-10)15(2,3)11-5-7-12(16)8-6-11/h5-8,17H,9H2,1-4H3. The molecule has 0 spiro atoms. The van der Waals surface area contributed by atoms with Crippen LogP contribution < -0.4 is 5.32 Å². The fourth-order valence-corrected chi connectivity index (χ4v) is 3.21. The normalized spacial score (nSPS) is 11.8. The summed E-state index contributed by atoms with van der Waals surface area (Å²) in [5.41, 5.74) is 1.96. The fraction of sp³-hybridized carbons (Fsp3) is 0.400. The molecule has 19 heavy (non-hydrogen) atoms. The Morgan fingerprint density at radius 2 is 1.89 bits per heavy atom. The van der Waals surface area contributed by atoms with E-state index >= 15 is 0 Å². The van der Waals surface area contributed by atoms with Crippen molar-refractivity contribution in [3.05, 3.63) is 51.2 Å². The number of aryl methyl sites for hydroxylation is 1. The van der Waals surface area contributed by atoms with Gasteiger partial charge in [0, 0.05) is 16.8 Å². The number of benzene rings is 1. The van der Waals surface area contributed by atoms with E-state index in [1.54, 1.807) is 11.3 Å². The summed E-state index contributed by atoms with van der Waals surface area (Å²) in [6.07, 6.45) is 0. The highest BCUT2D eigenvalue weighted by atomic mass is 32.1. The lowest BCUT2D eigenvalue weighted by atomic mass is 9.85. The zero-order valence-corrected chi connectivity index (χ0v) is 12.6. The van der Waals surface area contributed by atoms with Gasteiger partial charge in [-0.2, -0.15) is 0 Å². The second-order valence-electron chi connectivity index (χ2n) is 5.19. The molecular weight excluding hydrogens is 259 g/mol. The minimum absolute atomic E-state index is 0.199. The average molecular weight is 278 g/mol. The lowest BCUT2D eigenvalue weighted by Crippen LogP contribution is -2.18. The van der Waals surface area contributed by atoms with Crippen LogP contribution >= 0.6 is 11.3 Å². The average Bonchev–Trinajstić information content (AvgIpc) is 2.73. The Labute approximate surface area is 117 Å². The summed E-state index contributed by atoms with van der Waals surface area (Å²) < 4.78 is 13.0. The van der Waals surface area contributed by atoms with Crippen LogP contribution in [0.25, 0.3) is 0 Å². The number of aromatic nitrogens is 1. The molecule has 2 rings (SSSR count). The Kier molecular flexibility index (Phi) is 4.02. The third-order valence-electron chi connectivity index (χ3n) is 3.33. The summed E-state index contributed by atoms with van der Waals surface area (Å²) in [7, 11) is 1.93. The van der Waals surface area contributed by atoms with Crippen molar-refractivity contribution in [1.82, 2.24) is 10.3 Å². The third kappa shape index (κ3) is 2.85. The Balaban J connectivity index is 2.38. The van der Waals surface area contributed by atoms with Crippen LogP contribution in [0.15, 0.2) is 24.3 Å². The summed E-state index contributed by atoms with van der Waals surface area (Å²) in [5.74, 6) is -0.203. The molecule has 0 saturated heterocycles. The van der Waals surface area contributed by atoms with Gasteiger partial charge in [-0.15, -0.1) is 11.3 Å². The van der Waals surface area contributed by atoms with Crippen LogP contribution in [0.4, 0.5) is 4.39 Å². The van der Waals surface area contributed by atoms with Crippen molar-refractivity contribution in [2.75, 3.05) is 7.05 Å². The molecule has 0 amide bonds. The van der Waals surface area contributed by atoms with E-state index in [9.17, 15) is 4.39 Å². The predicted molar refractivity (Wildman–Crippen MR) is 78.1 cm³/mol. The second kappa shape index (κ2) is 5.39. The molecule has 1 aromatic carbocycles. The van der Waals surface area contributed by atoms with Gasteiger partial charge in [-0.1, -0.05) is 12.1 Å². The lowest BCUT2D eigenvalue weighted by molar-refractivity contribution is 0.611. The zero-order chi connectivity index (χ0) is 14.0. The highest BCUT2D eigenvalue weighted by molar-refractivity contribution is 7.11. The molecule has 1 aromatic heterocycles. The van der Waals surface area contributed by atoms with Crippen molar-refractivity contribution >= 4 is 11.3 Å². The van der Waals surface area contributed by atoms with Crippen molar-refractivity contribution in [1.29, 1.82) is 0 Å². The minimum Gasteiger partial charge on any atom is -0.315 e. The van der Waals surface area contributed by atoms with Gasteiger partial charge in [-0.3, -0.25) is 0 Å². The molecule has 1 heterocycles. The summed E-state index contributed by atoms with van der Waals surface area (Å²) in [6, 6.07) is 6.69. The third-order valence-corrected chi connectivity index (χ3v) is 4.81. The van der Waals surface area contributed by atoms with Gasteiger partial charge in [-0.25, -0.2) is 9.37 Å². The summed E-state index contributed by atoms with van der Waals surface area (Å²) in [5, 5.41) is 4.23. The number of hydrogen-bond donors (Lipinski definition) is 1. The van der Waals surface area contributed by atoms with E-state index in [0.29, 0.717) is 0 Å². The van der Waals surface area contributed by atoms with Crippen LogP contribution in [-0.2, 0) is 12.0 Å². The topological polar surface area (TPSA) is 24.9 Å². The smallest absolute Gasteiger partial charge is 0.123 e. The van der Waals surface area contributed by atoms with Crippen LogP contribution in [0.2, 0.25) is 0 Å². The SMILES string of the molecule is CNCc1sc(C(C)(C)c2ccc(F)cc2)nc1C. The van der Waals surface area contributed by atoms with Crippen molar-refractivity contribution < 1.29 is 4.39 Å². The molecule has 0 radical (unpaired) electrons. The zero-order valence-electron chi connectivity index (χ0n) is 11.7. The van der Waals surface area contributed by atoms with Crippen LogP contribution in [0.3, 0.4) is 0 Å². The molecular formula is C15H19FN2S. The number of hydrogen-bond acceptors (Lipinski definition) is 3. The monoisotopic (exact) mass is 278 g/mol. The fourth-order valence-electron chi connectivity index (χ4n) is 2.01. The van der Waals surface area contributed by atoms with E-state index in [1.807, 2.05) is 26.1 Å². The molecule has 4 heteroatoms. The second-order valence-corrected chi connectivity index (χ2v) is 6.27. The van der Waals surface area contributed by atoms with Crippen LogP contribution in [0, 0.1) is 12.7 Å². The van der Waals surface area contributed by atoms with Gasteiger partial charge in [0.2, 0.25) is 0 Å². The van der Waals surface area contributed by atoms with Gasteiger partial charge in [0.1, 0.15) is 10.8 Å². The van der Waals surface area contributed by atoms with Crippen LogP contribution in [0.5, 0.6) is 0 Å². The largest absolute Gasteiger partial charge is 0.315 e. The van der Waals surface area contributed by atoms with Crippen molar-refractivity contribution in [3.8, 4) is 0 Å². The lowest BCUT2D eigenvalue weighted by Gasteiger charge is -2.22. The minimum atomic E-state index is -0.203. The van der Waals surface area contributed by atoms with Gasteiger partial charge < -0.3 is 5.32 Å². The molecule has 0 aliphatic rings. The Hall–Kier alpha value is -1.26. The first-order valence-electron chi connectivity index (χ1n) is 6.32. The number of thiazole rings is 1. The van der Waals surface area contributed by atoms with E-state index in [2.05, 4.69) is 24.1 Å². The maximum absolute atomic E-state index is 13.0. The Bertz CT molecular complexity index is 558. The summed E-state index contributed by atoms with van der Waals surface area (Å²) in [4.78, 5) is 5.94. The number of halogens is 1. The van der Waals surface area contributed by atoms with Gasteiger partial charge >= 0.3 is 0 Å². The summed E-state index contributed by atoms with van der Waals surface area (Å²) >= 11 is 1.72. The maximum atomic E-state index is 13.0. The van der Waals surface area contributed by atoms with E-state index in [4.69, 9.17) is 0 Å². The number of rotatable bonds is 4. The molecule has 0 bridgehead atoms. The molecule has 0 aliphatic carbocycles. The van der Waals surface area contributed by atoms with Crippen molar-refractivity contribution in [2.45, 2.75) is 32.7 Å². The highest BCUT2D eigenvalue weighted by Gasteiger charge is 2.27. The summed E-state index contributed by atoms with van der Waals surface area (Å²) in [6.45, 7) is 7.12.